The lowest BCUT2D eigenvalue weighted by Crippen LogP contribution is -2.42. The summed E-state index contributed by atoms with van der Waals surface area (Å²) in [4.78, 5) is 16.6. The van der Waals surface area contributed by atoms with Crippen LogP contribution in [0.5, 0.6) is 0 Å². The summed E-state index contributed by atoms with van der Waals surface area (Å²) in [6.45, 7) is 5.74. The lowest BCUT2D eigenvalue weighted by atomic mass is 9.96. The van der Waals surface area contributed by atoms with E-state index in [0.29, 0.717) is 0 Å². The molecule has 2 saturated heterocycles. The maximum atomic E-state index is 12.1. The summed E-state index contributed by atoms with van der Waals surface area (Å²) in [7, 11) is 0. The third kappa shape index (κ3) is 3.33. The molecule has 0 bridgehead atoms. The van der Waals surface area contributed by atoms with Gasteiger partial charge in [0.15, 0.2) is 0 Å². The van der Waals surface area contributed by atoms with Crippen LogP contribution in [0.15, 0.2) is 6.33 Å². The Morgan fingerprint density at radius 1 is 1.15 bits per heavy atom. The second kappa shape index (κ2) is 6.30. The van der Waals surface area contributed by atoms with Crippen LogP contribution in [0.4, 0.5) is 0 Å². The average molecular weight is 278 g/mol. The SMILES string of the molecule is O=C(Cn1cnnn1)N1CCC(CN2CCCC2)CC1. The van der Waals surface area contributed by atoms with E-state index in [-0.39, 0.29) is 12.5 Å². The molecular formula is C13H22N6O. The van der Waals surface area contributed by atoms with Crippen molar-refractivity contribution >= 4 is 5.91 Å². The summed E-state index contributed by atoms with van der Waals surface area (Å²) in [5.41, 5.74) is 0. The van der Waals surface area contributed by atoms with Gasteiger partial charge in [-0.2, -0.15) is 0 Å². The van der Waals surface area contributed by atoms with Crippen molar-refractivity contribution in [2.24, 2.45) is 5.92 Å². The highest BCUT2D eigenvalue weighted by Crippen LogP contribution is 2.20. The molecule has 0 saturated carbocycles. The molecule has 0 radical (unpaired) electrons. The molecule has 7 heteroatoms. The van der Waals surface area contributed by atoms with Crippen molar-refractivity contribution in [1.29, 1.82) is 0 Å². The topological polar surface area (TPSA) is 67.2 Å². The van der Waals surface area contributed by atoms with Crippen molar-refractivity contribution in [2.45, 2.75) is 32.2 Å². The van der Waals surface area contributed by atoms with Gasteiger partial charge in [-0.05, 0) is 55.1 Å². The third-order valence-corrected chi connectivity index (χ3v) is 4.37. The van der Waals surface area contributed by atoms with Crippen molar-refractivity contribution in [3.8, 4) is 0 Å². The minimum Gasteiger partial charge on any atom is -0.341 e. The van der Waals surface area contributed by atoms with Crippen LogP contribution in [0.3, 0.4) is 0 Å². The number of aromatic nitrogens is 4. The van der Waals surface area contributed by atoms with Crippen LogP contribution in [0.2, 0.25) is 0 Å². The fraction of sp³-hybridized carbons (Fsp3) is 0.846. The van der Waals surface area contributed by atoms with Gasteiger partial charge in [0.2, 0.25) is 5.91 Å². The van der Waals surface area contributed by atoms with Gasteiger partial charge in [0, 0.05) is 19.6 Å². The van der Waals surface area contributed by atoms with Gasteiger partial charge < -0.3 is 9.80 Å². The van der Waals surface area contributed by atoms with Crippen molar-refractivity contribution in [1.82, 2.24) is 30.0 Å². The number of rotatable bonds is 4. The van der Waals surface area contributed by atoms with Crippen LogP contribution in [0, 0.1) is 5.92 Å². The van der Waals surface area contributed by atoms with Crippen molar-refractivity contribution in [3.05, 3.63) is 6.33 Å². The molecule has 0 atom stereocenters. The molecule has 3 heterocycles. The molecule has 2 aliphatic rings. The van der Waals surface area contributed by atoms with Gasteiger partial charge in [-0.3, -0.25) is 4.79 Å². The second-order valence-electron chi connectivity index (χ2n) is 5.84. The quantitative estimate of drug-likeness (QED) is 0.776. The maximum absolute atomic E-state index is 12.1. The Labute approximate surface area is 118 Å². The number of carbonyl (C=O) groups is 1. The molecule has 1 aromatic heterocycles. The highest BCUT2D eigenvalue weighted by molar-refractivity contribution is 5.75. The van der Waals surface area contributed by atoms with Crippen molar-refractivity contribution < 1.29 is 4.79 Å². The van der Waals surface area contributed by atoms with Gasteiger partial charge in [-0.1, -0.05) is 0 Å². The average Bonchev–Trinajstić information content (AvgIpc) is 3.13. The summed E-state index contributed by atoms with van der Waals surface area (Å²) in [5.74, 6) is 0.877. The molecule has 0 N–H and O–H groups in total. The molecule has 1 amide bonds. The third-order valence-electron chi connectivity index (χ3n) is 4.37. The Balaban J connectivity index is 1.42. The van der Waals surface area contributed by atoms with E-state index in [1.165, 1.54) is 43.5 Å². The van der Waals surface area contributed by atoms with Gasteiger partial charge >= 0.3 is 0 Å². The Morgan fingerprint density at radius 2 is 1.90 bits per heavy atom. The molecule has 110 valence electrons. The fourth-order valence-corrected chi connectivity index (χ4v) is 3.19. The normalized spacial score (nSPS) is 21.5. The van der Waals surface area contributed by atoms with Crippen LogP contribution >= 0.6 is 0 Å². The first-order valence-electron chi connectivity index (χ1n) is 7.52. The molecule has 0 unspecified atom stereocenters. The Morgan fingerprint density at radius 3 is 2.55 bits per heavy atom. The minimum absolute atomic E-state index is 0.122. The number of hydrogen-bond acceptors (Lipinski definition) is 5. The Bertz CT molecular complexity index is 420. The number of piperidine rings is 1. The number of carbonyl (C=O) groups excluding carboxylic acids is 1. The van der Waals surface area contributed by atoms with E-state index in [4.69, 9.17) is 0 Å². The first-order valence-corrected chi connectivity index (χ1v) is 7.52. The van der Waals surface area contributed by atoms with Gasteiger partial charge in [-0.25, -0.2) is 4.68 Å². The molecule has 0 spiro atoms. The molecule has 7 nitrogen and oxygen atoms in total. The van der Waals surface area contributed by atoms with Gasteiger partial charge in [0.05, 0.1) is 0 Å². The monoisotopic (exact) mass is 278 g/mol. The number of tetrazole rings is 1. The van der Waals surface area contributed by atoms with E-state index in [1.807, 2.05) is 4.90 Å². The van der Waals surface area contributed by atoms with Crippen LogP contribution in [0.1, 0.15) is 25.7 Å². The first kappa shape index (κ1) is 13.5. The zero-order valence-corrected chi connectivity index (χ0v) is 11.8. The number of amides is 1. The van der Waals surface area contributed by atoms with Crippen LogP contribution in [0.25, 0.3) is 0 Å². The molecule has 0 aromatic carbocycles. The fourth-order valence-electron chi connectivity index (χ4n) is 3.19. The smallest absolute Gasteiger partial charge is 0.244 e. The maximum Gasteiger partial charge on any atom is 0.244 e. The van der Waals surface area contributed by atoms with Crippen molar-refractivity contribution in [2.75, 3.05) is 32.7 Å². The Hall–Kier alpha value is -1.50. The predicted octanol–water partition coefficient (Wildman–Crippen LogP) is 0.00750. The van der Waals surface area contributed by atoms with E-state index in [2.05, 4.69) is 20.4 Å². The number of nitrogens with zero attached hydrogens (tertiary/aromatic N) is 6. The molecule has 0 aliphatic carbocycles. The van der Waals surface area contributed by atoms with E-state index in [1.54, 1.807) is 0 Å². The van der Waals surface area contributed by atoms with Gasteiger partial charge in [0.1, 0.15) is 12.9 Å². The number of hydrogen-bond donors (Lipinski definition) is 0. The van der Waals surface area contributed by atoms with Gasteiger partial charge in [-0.15, -0.1) is 5.10 Å². The van der Waals surface area contributed by atoms with E-state index in [0.717, 1.165) is 31.8 Å². The van der Waals surface area contributed by atoms with E-state index in [9.17, 15) is 4.79 Å². The van der Waals surface area contributed by atoms with E-state index < -0.39 is 0 Å². The predicted molar refractivity (Wildman–Crippen MR) is 72.8 cm³/mol. The lowest BCUT2D eigenvalue weighted by Gasteiger charge is -2.33. The summed E-state index contributed by atoms with van der Waals surface area (Å²) in [6, 6.07) is 0. The molecule has 1 aromatic rings. The van der Waals surface area contributed by atoms with Crippen LogP contribution in [-0.2, 0) is 11.3 Å². The largest absolute Gasteiger partial charge is 0.341 e. The highest BCUT2D eigenvalue weighted by atomic mass is 16.2. The molecule has 2 fully saturated rings. The zero-order valence-electron chi connectivity index (χ0n) is 11.8. The lowest BCUT2D eigenvalue weighted by molar-refractivity contribution is -0.133. The highest BCUT2D eigenvalue weighted by Gasteiger charge is 2.25. The summed E-state index contributed by atoms with van der Waals surface area (Å²) < 4.78 is 1.48. The second-order valence-corrected chi connectivity index (χ2v) is 5.84. The molecular weight excluding hydrogens is 256 g/mol. The molecule has 2 aliphatic heterocycles. The zero-order chi connectivity index (χ0) is 13.8. The van der Waals surface area contributed by atoms with Crippen LogP contribution < -0.4 is 0 Å². The van der Waals surface area contributed by atoms with E-state index >= 15 is 0 Å². The van der Waals surface area contributed by atoms with Crippen molar-refractivity contribution in [3.63, 3.8) is 0 Å². The molecule has 20 heavy (non-hydrogen) atoms. The first-order chi connectivity index (χ1) is 9.81. The Kier molecular flexibility index (Phi) is 4.25. The summed E-state index contributed by atoms with van der Waals surface area (Å²) in [5, 5.41) is 10.8. The van der Waals surface area contributed by atoms with Crippen LogP contribution in [-0.4, -0.2) is 68.6 Å². The minimum atomic E-state index is 0.122. The van der Waals surface area contributed by atoms with Gasteiger partial charge in [0.25, 0.3) is 0 Å². The summed E-state index contributed by atoms with van der Waals surface area (Å²) in [6.07, 6.45) is 6.43. The molecule has 3 rings (SSSR count). The number of likely N-dealkylation sites (tertiary alicyclic amines) is 2. The summed E-state index contributed by atoms with van der Waals surface area (Å²) >= 11 is 0. The standard InChI is InChI=1S/C13H22N6O/c20-13(10-19-11-14-15-16-19)18-7-3-12(4-8-18)9-17-5-1-2-6-17/h11-12H,1-10H2.